The Hall–Kier alpha value is -2.17. The Labute approximate surface area is 162 Å². The van der Waals surface area contributed by atoms with Gasteiger partial charge in [-0.15, -0.1) is 17.9 Å². The summed E-state index contributed by atoms with van der Waals surface area (Å²) in [4.78, 5) is 20.9. The molecule has 0 saturated carbocycles. The normalized spacial score (nSPS) is 11.1. The van der Waals surface area contributed by atoms with Gasteiger partial charge in [0.15, 0.2) is 0 Å². The molecule has 0 aliphatic heterocycles. The largest absolute Gasteiger partial charge is 0.330 e. The summed E-state index contributed by atoms with van der Waals surface area (Å²) in [5, 5.41) is 0.875. The number of para-hydroxylation sites is 1. The number of nitrogens with zero attached hydrogens (tertiary/aromatic N) is 2. The highest BCUT2D eigenvalue weighted by molar-refractivity contribution is 7.16. The van der Waals surface area contributed by atoms with Crippen LogP contribution in [-0.2, 0) is 6.54 Å². The molecule has 0 atom stereocenters. The molecule has 5 heteroatoms. The Morgan fingerprint density at radius 1 is 1.31 bits per heavy atom. The lowest BCUT2D eigenvalue weighted by atomic mass is 10.0. The third-order valence-electron chi connectivity index (χ3n) is 4.17. The van der Waals surface area contributed by atoms with Crippen LogP contribution in [-0.4, -0.2) is 22.3 Å². The number of rotatable bonds is 6. The van der Waals surface area contributed by atoms with Crippen molar-refractivity contribution in [1.29, 1.82) is 0 Å². The van der Waals surface area contributed by atoms with Gasteiger partial charge in [0.2, 0.25) is 0 Å². The van der Waals surface area contributed by atoms with E-state index in [0.717, 1.165) is 25.8 Å². The van der Waals surface area contributed by atoms with Gasteiger partial charge in [0.25, 0.3) is 5.91 Å². The Morgan fingerprint density at radius 2 is 2.08 bits per heavy atom. The van der Waals surface area contributed by atoms with Gasteiger partial charge in [0.05, 0.1) is 22.0 Å². The van der Waals surface area contributed by atoms with Crippen LogP contribution in [0.2, 0.25) is 4.34 Å². The monoisotopic (exact) mass is 384 g/mol. The van der Waals surface area contributed by atoms with Crippen molar-refractivity contribution >= 4 is 39.7 Å². The highest BCUT2D eigenvalue weighted by atomic mass is 35.5. The smallest absolute Gasteiger partial charge is 0.255 e. The van der Waals surface area contributed by atoms with Crippen LogP contribution in [0.4, 0.5) is 0 Å². The SMILES string of the molecule is C=CCN(Cc1ccc(Cl)s1)C(=O)c1cc(C(C)C)nc2ccccc12. The summed E-state index contributed by atoms with van der Waals surface area (Å²) in [6, 6.07) is 13.5. The van der Waals surface area contributed by atoms with Crippen LogP contribution in [0.3, 0.4) is 0 Å². The Balaban J connectivity index is 2.04. The molecule has 0 N–H and O–H groups in total. The van der Waals surface area contributed by atoms with Crippen molar-refractivity contribution in [2.75, 3.05) is 6.54 Å². The van der Waals surface area contributed by atoms with Crippen LogP contribution in [0.25, 0.3) is 10.9 Å². The fraction of sp³-hybridized carbons (Fsp3) is 0.238. The van der Waals surface area contributed by atoms with Crippen LogP contribution in [0.5, 0.6) is 0 Å². The number of amides is 1. The molecule has 2 heterocycles. The molecule has 0 fully saturated rings. The number of pyridine rings is 1. The second kappa shape index (κ2) is 8.02. The Kier molecular flexibility index (Phi) is 5.74. The molecule has 0 saturated heterocycles. The quantitative estimate of drug-likeness (QED) is 0.495. The van der Waals surface area contributed by atoms with Crippen molar-refractivity contribution in [2.24, 2.45) is 0 Å². The molecule has 0 radical (unpaired) electrons. The van der Waals surface area contributed by atoms with E-state index in [0.29, 0.717) is 18.7 Å². The number of thiophene rings is 1. The van der Waals surface area contributed by atoms with Gasteiger partial charge >= 0.3 is 0 Å². The first-order valence-electron chi connectivity index (χ1n) is 8.53. The molecule has 0 spiro atoms. The molecule has 3 nitrogen and oxygen atoms in total. The molecular formula is C21H21ClN2OS. The number of hydrogen-bond donors (Lipinski definition) is 0. The first-order chi connectivity index (χ1) is 12.5. The predicted octanol–water partition coefficient (Wildman–Crippen LogP) is 5.90. The minimum absolute atomic E-state index is 0.0186. The van der Waals surface area contributed by atoms with Gasteiger partial charge in [0.1, 0.15) is 0 Å². The summed E-state index contributed by atoms with van der Waals surface area (Å²) in [7, 11) is 0. The summed E-state index contributed by atoms with van der Waals surface area (Å²) >= 11 is 7.53. The van der Waals surface area contributed by atoms with Crippen LogP contribution in [0.15, 0.2) is 55.1 Å². The van der Waals surface area contributed by atoms with Crippen LogP contribution in [0.1, 0.15) is 40.7 Å². The van der Waals surface area contributed by atoms with Gasteiger partial charge in [-0.05, 0) is 30.2 Å². The molecule has 26 heavy (non-hydrogen) atoms. The lowest BCUT2D eigenvalue weighted by Crippen LogP contribution is -2.30. The van der Waals surface area contributed by atoms with Gasteiger partial charge in [-0.2, -0.15) is 0 Å². The molecule has 0 bridgehead atoms. The zero-order valence-corrected chi connectivity index (χ0v) is 16.5. The Morgan fingerprint density at radius 3 is 2.73 bits per heavy atom. The number of aromatic nitrogens is 1. The van der Waals surface area contributed by atoms with E-state index in [2.05, 4.69) is 20.4 Å². The number of halogens is 1. The molecular weight excluding hydrogens is 364 g/mol. The molecule has 0 aliphatic rings. The fourth-order valence-electron chi connectivity index (χ4n) is 2.84. The van der Waals surface area contributed by atoms with Crippen molar-refractivity contribution in [2.45, 2.75) is 26.3 Å². The van der Waals surface area contributed by atoms with E-state index in [-0.39, 0.29) is 11.8 Å². The van der Waals surface area contributed by atoms with Gasteiger partial charge in [-0.25, -0.2) is 0 Å². The average molecular weight is 385 g/mol. The van der Waals surface area contributed by atoms with E-state index in [1.54, 1.807) is 11.0 Å². The second-order valence-electron chi connectivity index (χ2n) is 6.45. The maximum absolute atomic E-state index is 13.4. The Bertz CT molecular complexity index is 948. The number of benzene rings is 1. The average Bonchev–Trinajstić information content (AvgIpc) is 3.04. The molecule has 0 unspecified atom stereocenters. The number of carbonyl (C=O) groups excluding carboxylic acids is 1. The van der Waals surface area contributed by atoms with Crippen LogP contribution < -0.4 is 0 Å². The van der Waals surface area contributed by atoms with Crippen LogP contribution >= 0.6 is 22.9 Å². The maximum atomic E-state index is 13.4. The summed E-state index contributed by atoms with van der Waals surface area (Å²) < 4.78 is 0.724. The van der Waals surface area contributed by atoms with E-state index in [4.69, 9.17) is 16.6 Å². The molecule has 134 valence electrons. The maximum Gasteiger partial charge on any atom is 0.255 e. The predicted molar refractivity (Wildman–Crippen MR) is 110 cm³/mol. The number of hydrogen-bond acceptors (Lipinski definition) is 3. The highest BCUT2D eigenvalue weighted by Gasteiger charge is 2.20. The minimum Gasteiger partial charge on any atom is -0.330 e. The third kappa shape index (κ3) is 3.97. The van der Waals surface area contributed by atoms with Crippen LogP contribution in [0, 0.1) is 0 Å². The summed E-state index contributed by atoms with van der Waals surface area (Å²) in [5.41, 5.74) is 2.45. The van der Waals surface area contributed by atoms with Crippen molar-refractivity contribution in [3.8, 4) is 0 Å². The highest BCUT2D eigenvalue weighted by Crippen LogP contribution is 2.26. The first-order valence-corrected chi connectivity index (χ1v) is 9.73. The second-order valence-corrected chi connectivity index (χ2v) is 8.25. The van der Waals surface area contributed by atoms with Crippen molar-refractivity contribution in [3.63, 3.8) is 0 Å². The zero-order valence-electron chi connectivity index (χ0n) is 14.9. The lowest BCUT2D eigenvalue weighted by molar-refractivity contribution is 0.0766. The van der Waals surface area contributed by atoms with Gasteiger partial charge in [-0.1, -0.05) is 49.7 Å². The van der Waals surface area contributed by atoms with Crippen molar-refractivity contribution in [1.82, 2.24) is 9.88 Å². The van der Waals surface area contributed by atoms with E-state index in [1.807, 2.05) is 42.5 Å². The third-order valence-corrected chi connectivity index (χ3v) is 5.39. The molecule has 1 amide bonds. The van der Waals surface area contributed by atoms with E-state index in [1.165, 1.54) is 11.3 Å². The fourth-order valence-corrected chi connectivity index (χ4v) is 3.94. The van der Waals surface area contributed by atoms with E-state index < -0.39 is 0 Å². The van der Waals surface area contributed by atoms with E-state index in [9.17, 15) is 4.79 Å². The standard InChI is InChI=1S/C21H21ClN2OS/c1-4-11-24(13-15-9-10-20(22)26-15)21(25)17-12-19(14(2)3)23-18-8-6-5-7-16(17)18/h4-10,12,14H,1,11,13H2,2-3H3. The first kappa shape index (κ1) is 18.6. The van der Waals surface area contributed by atoms with E-state index >= 15 is 0 Å². The molecule has 2 aromatic heterocycles. The summed E-state index contributed by atoms with van der Waals surface area (Å²) in [6.45, 7) is 8.95. The number of carbonyl (C=O) groups is 1. The summed E-state index contributed by atoms with van der Waals surface area (Å²) in [6.07, 6.45) is 1.75. The molecule has 3 rings (SSSR count). The van der Waals surface area contributed by atoms with Crippen molar-refractivity contribution in [3.05, 3.63) is 75.6 Å². The number of fused-ring (bicyclic) bond motifs is 1. The van der Waals surface area contributed by atoms with Crippen molar-refractivity contribution < 1.29 is 4.79 Å². The van der Waals surface area contributed by atoms with Gasteiger partial charge in [0, 0.05) is 22.5 Å². The zero-order chi connectivity index (χ0) is 18.7. The van der Waals surface area contributed by atoms with Gasteiger partial charge < -0.3 is 4.90 Å². The lowest BCUT2D eigenvalue weighted by Gasteiger charge is -2.22. The topological polar surface area (TPSA) is 33.2 Å². The minimum atomic E-state index is -0.0186. The van der Waals surface area contributed by atoms with Gasteiger partial charge in [-0.3, -0.25) is 9.78 Å². The summed E-state index contributed by atoms with van der Waals surface area (Å²) in [5.74, 6) is 0.227. The molecule has 3 aromatic rings. The molecule has 0 aliphatic carbocycles. The molecule has 1 aromatic carbocycles.